The monoisotopic (exact) mass is 507 g/mol. The SMILES string of the molecule is COCCN(CC(=O)N1N=C(c2ccc(OC)cc2OC)CC1c1ccccc1)C(=O)c1cccs1. The maximum absolute atomic E-state index is 13.6. The second-order valence-corrected chi connectivity index (χ2v) is 9.13. The van der Waals surface area contributed by atoms with E-state index in [4.69, 9.17) is 19.3 Å². The Morgan fingerprint density at radius 3 is 2.53 bits per heavy atom. The van der Waals surface area contributed by atoms with Crippen LogP contribution in [0.15, 0.2) is 71.1 Å². The lowest BCUT2D eigenvalue weighted by atomic mass is 9.98. The summed E-state index contributed by atoms with van der Waals surface area (Å²) in [6.45, 7) is 0.510. The van der Waals surface area contributed by atoms with Crippen LogP contribution in [0.2, 0.25) is 0 Å². The summed E-state index contributed by atoms with van der Waals surface area (Å²) in [6.07, 6.45) is 0.509. The van der Waals surface area contributed by atoms with Crippen LogP contribution in [-0.2, 0) is 9.53 Å². The number of ether oxygens (including phenoxy) is 3. The van der Waals surface area contributed by atoms with Crippen molar-refractivity contribution in [3.8, 4) is 11.5 Å². The predicted molar refractivity (Wildman–Crippen MR) is 139 cm³/mol. The summed E-state index contributed by atoms with van der Waals surface area (Å²) >= 11 is 1.35. The zero-order valence-electron chi connectivity index (χ0n) is 20.5. The van der Waals surface area contributed by atoms with E-state index < -0.39 is 0 Å². The van der Waals surface area contributed by atoms with Crippen LogP contribution in [0.5, 0.6) is 11.5 Å². The predicted octanol–water partition coefficient (Wildman–Crippen LogP) is 4.23. The number of hydrogen-bond donors (Lipinski definition) is 0. The molecule has 188 valence electrons. The van der Waals surface area contributed by atoms with Gasteiger partial charge in [0.1, 0.15) is 18.0 Å². The highest BCUT2D eigenvalue weighted by Gasteiger charge is 2.35. The van der Waals surface area contributed by atoms with Crippen molar-refractivity contribution in [2.24, 2.45) is 5.10 Å². The standard InChI is InChI=1S/C27H29N3O5S/c1-33-14-13-29(27(32)25-10-7-15-36-25)18-26(31)30-23(19-8-5-4-6-9-19)17-22(28-30)21-12-11-20(34-2)16-24(21)35-3/h4-12,15-16,23H,13-14,17-18H2,1-3H3. The Kier molecular flexibility index (Phi) is 8.35. The Morgan fingerprint density at radius 1 is 1.06 bits per heavy atom. The van der Waals surface area contributed by atoms with Gasteiger partial charge < -0.3 is 19.1 Å². The van der Waals surface area contributed by atoms with Gasteiger partial charge in [-0.25, -0.2) is 5.01 Å². The van der Waals surface area contributed by atoms with Gasteiger partial charge in [-0.1, -0.05) is 36.4 Å². The number of carbonyl (C=O) groups excluding carboxylic acids is 2. The third kappa shape index (κ3) is 5.58. The van der Waals surface area contributed by atoms with Crippen molar-refractivity contribution >= 4 is 28.9 Å². The molecule has 2 amide bonds. The van der Waals surface area contributed by atoms with Crippen LogP contribution in [0.4, 0.5) is 0 Å². The molecule has 9 heteroatoms. The Balaban J connectivity index is 1.65. The van der Waals surface area contributed by atoms with E-state index in [0.717, 1.165) is 16.8 Å². The van der Waals surface area contributed by atoms with Crippen LogP contribution in [0.3, 0.4) is 0 Å². The molecule has 36 heavy (non-hydrogen) atoms. The van der Waals surface area contributed by atoms with Crippen molar-refractivity contribution in [1.82, 2.24) is 9.91 Å². The molecule has 1 aliphatic rings. The lowest BCUT2D eigenvalue weighted by molar-refractivity contribution is -0.133. The molecular weight excluding hydrogens is 478 g/mol. The van der Waals surface area contributed by atoms with Gasteiger partial charge in [0.25, 0.3) is 11.8 Å². The van der Waals surface area contributed by atoms with Gasteiger partial charge in [-0.2, -0.15) is 5.10 Å². The van der Waals surface area contributed by atoms with Gasteiger partial charge in [-0.15, -0.1) is 11.3 Å². The molecule has 0 saturated heterocycles. The van der Waals surface area contributed by atoms with E-state index in [1.165, 1.54) is 21.2 Å². The first-order valence-corrected chi connectivity index (χ1v) is 12.4. The van der Waals surface area contributed by atoms with Crippen LogP contribution in [-0.4, -0.2) is 68.5 Å². The summed E-state index contributed by atoms with van der Waals surface area (Å²) < 4.78 is 16.1. The molecule has 1 aromatic heterocycles. The van der Waals surface area contributed by atoms with Crippen molar-refractivity contribution in [3.63, 3.8) is 0 Å². The fourth-order valence-electron chi connectivity index (χ4n) is 4.12. The third-order valence-corrected chi connectivity index (χ3v) is 6.84. The second kappa shape index (κ2) is 11.8. The van der Waals surface area contributed by atoms with Crippen LogP contribution < -0.4 is 9.47 Å². The molecule has 2 aromatic carbocycles. The zero-order valence-corrected chi connectivity index (χ0v) is 21.4. The summed E-state index contributed by atoms with van der Waals surface area (Å²) in [5.74, 6) is 0.811. The molecule has 8 nitrogen and oxygen atoms in total. The maximum Gasteiger partial charge on any atom is 0.264 e. The largest absolute Gasteiger partial charge is 0.497 e. The molecule has 3 aromatic rings. The molecule has 0 fully saturated rings. The molecule has 1 atom stereocenters. The lowest BCUT2D eigenvalue weighted by Gasteiger charge is -2.26. The zero-order chi connectivity index (χ0) is 25.5. The quantitative estimate of drug-likeness (QED) is 0.410. The lowest BCUT2D eigenvalue weighted by Crippen LogP contribution is -2.42. The van der Waals surface area contributed by atoms with Gasteiger partial charge in [-0.3, -0.25) is 9.59 Å². The highest BCUT2D eigenvalue weighted by Crippen LogP contribution is 2.36. The molecule has 0 bridgehead atoms. The highest BCUT2D eigenvalue weighted by molar-refractivity contribution is 7.12. The molecule has 0 spiro atoms. The second-order valence-electron chi connectivity index (χ2n) is 8.18. The topological polar surface area (TPSA) is 80.7 Å². The van der Waals surface area contributed by atoms with Crippen LogP contribution in [0.25, 0.3) is 0 Å². The summed E-state index contributed by atoms with van der Waals surface area (Å²) in [4.78, 5) is 28.8. The minimum Gasteiger partial charge on any atom is -0.497 e. The fourth-order valence-corrected chi connectivity index (χ4v) is 4.81. The van der Waals surface area contributed by atoms with Crippen LogP contribution in [0.1, 0.15) is 33.3 Å². The van der Waals surface area contributed by atoms with E-state index >= 15 is 0 Å². The number of thiophene rings is 1. The van der Waals surface area contributed by atoms with Gasteiger partial charge in [0.05, 0.1) is 37.5 Å². The number of benzene rings is 2. The average molecular weight is 508 g/mol. The summed E-state index contributed by atoms with van der Waals surface area (Å²) in [6, 6.07) is 18.6. The van der Waals surface area contributed by atoms with E-state index in [1.807, 2.05) is 53.9 Å². The first kappa shape index (κ1) is 25.4. The van der Waals surface area contributed by atoms with Crippen molar-refractivity contribution in [2.75, 3.05) is 41.0 Å². The number of hydrazone groups is 1. The minimum atomic E-state index is -0.304. The average Bonchev–Trinajstić information content (AvgIpc) is 3.61. The van der Waals surface area contributed by atoms with Gasteiger partial charge in [-0.05, 0) is 29.1 Å². The normalized spacial score (nSPS) is 14.9. The number of nitrogens with zero attached hydrogens (tertiary/aromatic N) is 3. The van der Waals surface area contributed by atoms with Crippen molar-refractivity contribution in [1.29, 1.82) is 0 Å². The first-order chi connectivity index (χ1) is 17.5. The number of hydrogen-bond acceptors (Lipinski definition) is 7. The number of rotatable bonds is 10. The number of methoxy groups -OCH3 is 3. The third-order valence-electron chi connectivity index (χ3n) is 5.98. The van der Waals surface area contributed by atoms with Gasteiger partial charge in [0.2, 0.25) is 0 Å². The molecule has 1 unspecified atom stereocenters. The maximum atomic E-state index is 13.6. The Morgan fingerprint density at radius 2 is 1.86 bits per heavy atom. The minimum absolute atomic E-state index is 0.111. The van der Waals surface area contributed by atoms with Gasteiger partial charge in [0.15, 0.2) is 0 Å². The smallest absolute Gasteiger partial charge is 0.264 e. The Labute approximate surface area is 214 Å². The van der Waals surface area contributed by atoms with E-state index in [1.54, 1.807) is 33.5 Å². The Hall–Kier alpha value is -3.69. The fraction of sp³-hybridized carbons (Fsp3) is 0.296. The van der Waals surface area contributed by atoms with Crippen molar-refractivity contribution < 1.29 is 23.8 Å². The molecule has 1 aliphatic heterocycles. The summed E-state index contributed by atoms with van der Waals surface area (Å²) in [5, 5.41) is 8.09. The van der Waals surface area contributed by atoms with Crippen molar-refractivity contribution in [3.05, 3.63) is 82.0 Å². The molecule has 2 heterocycles. The summed E-state index contributed by atoms with van der Waals surface area (Å²) in [5.41, 5.74) is 2.48. The van der Waals surface area contributed by atoms with Crippen LogP contribution in [0, 0.1) is 0 Å². The number of carbonyl (C=O) groups is 2. The van der Waals surface area contributed by atoms with Gasteiger partial charge in [0, 0.05) is 31.7 Å². The molecule has 4 rings (SSSR count). The first-order valence-electron chi connectivity index (χ1n) is 11.5. The molecule has 0 saturated carbocycles. The Bertz CT molecular complexity index is 1210. The van der Waals surface area contributed by atoms with Crippen molar-refractivity contribution in [2.45, 2.75) is 12.5 Å². The molecular formula is C27H29N3O5S. The highest BCUT2D eigenvalue weighted by atomic mass is 32.1. The molecule has 0 N–H and O–H groups in total. The van der Waals surface area contributed by atoms with E-state index in [-0.39, 0.29) is 24.4 Å². The summed E-state index contributed by atoms with van der Waals surface area (Å²) in [7, 11) is 4.76. The molecule has 0 aliphatic carbocycles. The number of amides is 2. The van der Waals surface area contributed by atoms with Gasteiger partial charge >= 0.3 is 0 Å². The molecule has 0 radical (unpaired) electrons. The van der Waals surface area contributed by atoms with E-state index in [9.17, 15) is 9.59 Å². The van der Waals surface area contributed by atoms with E-state index in [0.29, 0.717) is 35.9 Å². The van der Waals surface area contributed by atoms with E-state index in [2.05, 4.69) is 0 Å². The van der Waals surface area contributed by atoms with Crippen LogP contribution >= 0.6 is 11.3 Å².